The molecule has 0 amide bonds. The summed E-state index contributed by atoms with van der Waals surface area (Å²) in [5.41, 5.74) is 1.37. The number of halogens is 1. The Morgan fingerprint density at radius 1 is 1.65 bits per heavy atom. The number of rotatable bonds is 5. The largest absolute Gasteiger partial charge is 0.480 e. The number of carboxylic acid groups (broad SMARTS) is 1. The van der Waals surface area contributed by atoms with Gasteiger partial charge >= 0.3 is 5.97 Å². The SMILES string of the molecule is CCC(SCc1ccc(C#N)cc1Cl)C(=O)O. The van der Waals surface area contributed by atoms with Crippen molar-refractivity contribution >= 4 is 29.3 Å². The van der Waals surface area contributed by atoms with E-state index in [1.54, 1.807) is 18.2 Å². The number of hydrogen-bond acceptors (Lipinski definition) is 3. The van der Waals surface area contributed by atoms with Gasteiger partial charge in [0.15, 0.2) is 0 Å². The van der Waals surface area contributed by atoms with Crippen LogP contribution in [-0.2, 0) is 10.5 Å². The summed E-state index contributed by atoms with van der Waals surface area (Å²) in [6.07, 6.45) is 0.577. The van der Waals surface area contributed by atoms with Crippen molar-refractivity contribution in [3.05, 3.63) is 34.3 Å². The van der Waals surface area contributed by atoms with Crippen LogP contribution in [0.1, 0.15) is 24.5 Å². The minimum Gasteiger partial charge on any atom is -0.480 e. The summed E-state index contributed by atoms with van der Waals surface area (Å²) in [6, 6.07) is 7.05. The zero-order valence-electron chi connectivity index (χ0n) is 9.31. The Morgan fingerprint density at radius 2 is 2.35 bits per heavy atom. The van der Waals surface area contributed by atoms with Gasteiger partial charge in [-0.1, -0.05) is 24.6 Å². The predicted octanol–water partition coefficient (Wildman–Crippen LogP) is 3.31. The third-order valence-corrected chi connectivity index (χ3v) is 4.04. The highest BCUT2D eigenvalue weighted by Crippen LogP contribution is 2.26. The molecule has 0 fully saturated rings. The third kappa shape index (κ3) is 3.95. The van der Waals surface area contributed by atoms with Gasteiger partial charge in [0.25, 0.3) is 0 Å². The Hall–Kier alpha value is -1.18. The number of aliphatic carboxylic acids is 1. The molecule has 0 aliphatic rings. The molecule has 1 atom stereocenters. The van der Waals surface area contributed by atoms with Crippen molar-refractivity contribution in [1.82, 2.24) is 0 Å². The lowest BCUT2D eigenvalue weighted by Gasteiger charge is -2.10. The van der Waals surface area contributed by atoms with Crippen molar-refractivity contribution in [3.63, 3.8) is 0 Å². The molecule has 0 aromatic heterocycles. The van der Waals surface area contributed by atoms with Crippen molar-refractivity contribution in [3.8, 4) is 6.07 Å². The summed E-state index contributed by atoms with van der Waals surface area (Å²) in [5, 5.41) is 17.7. The molecular formula is C12H12ClNO2S. The highest BCUT2D eigenvalue weighted by atomic mass is 35.5. The van der Waals surface area contributed by atoms with Crippen molar-refractivity contribution < 1.29 is 9.90 Å². The van der Waals surface area contributed by atoms with E-state index >= 15 is 0 Å². The standard InChI is InChI=1S/C12H12ClNO2S/c1-2-11(12(15)16)17-7-9-4-3-8(6-14)5-10(9)13/h3-5,11H,2,7H2,1H3,(H,15,16). The topological polar surface area (TPSA) is 61.1 Å². The molecule has 1 aromatic carbocycles. The minimum atomic E-state index is -0.803. The quantitative estimate of drug-likeness (QED) is 0.891. The first-order valence-corrected chi connectivity index (χ1v) is 6.54. The minimum absolute atomic E-state index is 0.415. The fourth-order valence-electron chi connectivity index (χ4n) is 1.29. The van der Waals surface area contributed by atoms with Crippen LogP contribution in [0.3, 0.4) is 0 Å². The number of carbonyl (C=O) groups is 1. The molecule has 0 saturated carbocycles. The van der Waals surface area contributed by atoms with Gasteiger partial charge in [-0.05, 0) is 24.1 Å². The van der Waals surface area contributed by atoms with Crippen LogP contribution in [0, 0.1) is 11.3 Å². The monoisotopic (exact) mass is 269 g/mol. The summed E-state index contributed by atoms with van der Waals surface area (Å²) >= 11 is 7.35. The molecule has 1 unspecified atom stereocenters. The van der Waals surface area contributed by atoms with Gasteiger partial charge in [-0.3, -0.25) is 4.79 Å². The van der Waals surface area contributed by atoms with Crippen LogP contribution in [0.15, 0.2) is 18.2 Å². The van der Waals surface area contributed by atoms with Crippen LogP contribution in [0.5, 0.6) is 0 Å². The molecule has 1 rings (SSSR count). The lowest BCUT2D eigenvalue weighted by molar-refractivity contribution is -0.136. The average Bonchev–Trinajstić information content (AvgIpc) is 2.31. The Labute approximate surface area is 109 Å². The Morgan fingerprint density at radius 3 is 2.82 bits per heavy atom. The van der Waals surface area contributed by atoms with Gasteiger partial charge in [0.1, 0.15) is 5.25 Å². The van der Waals surface area contributed by atoms with Crippen LogP contribution >= 0.6 is 23.4 Å². The molecule has 0 spiro atoms. The van der Waals surface area contributed by atoms with Crippen LogP contribution in [0.25, 0.3) is 0 Å². The van der Waals surface area contributed by atoms with Crippen LogP contribution < -0.4 is 0 Å². The lowest BCUT2D eigenvalue weighted by atomic mass is 10.2. The van der Waals surface area contributed by atoms with E-state index in [-0.39, 0.29) is 0 Å². The number of benzene rings is 1. The number of carboxylic acids is 1. The molecule has 0 radical (unpaired) electrons. The van der Waals surface area contributed by atoms with Crippen molar-refractivity contribution in [2.24, 2.45) is 0 Å². The van der Waals surface area contributed by atoms with E-state index in [4.69, 9.17) is 22.0 Å². The molecule has 17 heavy (non-hydrogen) atoms. The molecular weight excluding hydrogens is 258 g/mol. The molecule has 0 heterocycles. The number of hydrogen-bond donors (Lipinski definition) is 1. The molecule has 0 aliphatic carbocycles. The summed E-state index contributed by atoms with van der Waals surface area (Å²) in [4.78, 5) is 10.8. The van der Waals surface area contributed by atoms with Gasteiger partial charge in [-0.25, -0.2) is 0 Å². The smallest absolute Gasteiger partial charge is 0.316 e. The van der Waals surface area contributed by atoms with Gasteiger partial charge in [0.2, 0.25) is 0 Å². The summed E-state index contributed by atoms with van der Waals surface area (Å²) in [6.45, 7) is 1.84. The fraction of sp³-hybridized carbons (Fsp3) is 0.333. The predicted molar refractivity (Wildman–Crippen MR) is 69.2 cm³/mol. The normalized spacial score (nSPS) is 11.8. The number of nitrogens with zero attached hydrogens (tertiary/aromatic N) is 1. The second-order valence-corrected chi connectivity index (χ2v) is 5.06. The lowest BCUT2D eigenvalue weighted by Crippen LogP contribution is -2.15. The Balaban J connectivity index is 2.70. The molecule has 1 aromatic rings. The molecule has 3 nitrogen and oxygen atoms in total. The zero-order valence-corrected chi connectivity index (χ0v) is 10.9. The maximum Gasteiger partial charge on any atom is 0.316 e. The first-order chi connectivity index (χ1) is 8.08. The maximum absolute atomic E-state index is 10.8. The molecule has 0 bridgehead atoms. The van der Waals surface area contributed by atoms with Gasteiger partial charge < -0.3 is 5.11 Å². The second kappa shape index (κ2) is 6.53. The zero-order chi connectivity index (χ0) is 12.8. The van der Waals surface area contributed by atoms with E-state index < -0.39 is 11.2 Å². The van der Waals surface area contributed by atoms with Crippen molar-refractivity contribution in [2.75, 3.05) is 0 Å². The summed E-state index contributed by atoms with van der Waals surface area (Å²) in [7, 11) is 0. The Kier molecular flexibility index (Phi) is 5.33. The van der Waals surface area contributed by atoms with Crippen molar-refractivity contribution in [1.29, 1.82) is 5.26 Å². The van der Waals surface area contributed by atoms with E-state index in [0.29, 0.717) is 22.8 Å². The fourth-order valence-corrected chi connectivity index (χ4v) is 2.63. The number of nitriles is 1. The molecule has 1 N–H and O–H groups in total. The Bertz CT molecular complexity index is 456. The first-order valence-electron chi connectivity index (χ1n) is 5.11. The highest BCUT2D eigenvalue weighted by molar-refractivity contribution is 7.99. The van der Waals surface area contributed by atoms with Gasteiger partial charge in [0, 0.05) is 10.8 Å². The van der Waals surface area contributed by atoms with E-state index in [1.165, 1.54) is 11.8 Å². The molecule has 90 valence electrons. The molecule has 0 aliphatic heterocycles. The van der Waals surface area contributed by atoms with Crippen LogP contribution in [-0.4, -0.2) is 16.3 Å². The highest BCUT2D eigenvalue weighted by Gasteiger charge is 2.15. The van der Waals surface area contributed by atoms with Crippen LogP contribution in [0.4, 0.5) is 0 Å². The van der Waals surface area contributed by atoms with Gasteiger partial charge in [-0.15, -0.1) is 11.8 Å². The van der Waals surface area contributed by atoms with Crippen molar-refractivity contribution in [2.45, 2.75) is 24.3 Å². The van der Waals surface area contributed by atoms with Gasteiger partial charge in [0.05, 0.1) is 11.6 Å². The summed E-state index contributed by atoms with van der Waals surface area (Å²) < 4.78 is 0. The van der Waals surface area contributed by atoms with E-state index in [9.17, 15) is 4.79 Å². The van der Waals surface area contributed by atoms with E-state index in [0.717, 1.165) is 5.56 Å². The van der Waals surface area contributed by atoms with Crippen LogP contribution in [0.2, 0.25) is 5.02 Å². The second-order valence-electron chi connectivity index (χ2n) is 3.46. The maximum atomic E-state index is 10.8. The van der Waals surface area contributed by atoms with E-state index in [2.05, 4.69) is 0 Å². The average molecular weight is 270 g/mol. The molecule has 0 saturated heterocycles. The number of thioether (sulfide) groups is 1. The third-order valence-electron chi connectivity index (χ3n) is 2.27. The van der Waals surface area contributed by atoms with Gasteiger partial charge in [-0.2, -0.15) is 5.26 Å². The first kappa shape index (κ1) is 13.9. The molecule has 5 heteroatoms. The summed E-state index contributed by atoms with van der Waals surface area (Å²) in [5.74, 6) is -0.266. The van der Waals surface area contributed by atoms with E-state index in [1.807, 2.05) is 13.0 Å².